The Morgan fingerprint density at radius 1 is 1.19 bits per heavy atom. The molecule has 0 aromatic heterocycles. The van der Waals surface area contributed by atoms with Gasteiger partial charge in [-0.25, -0.2) is 4.79 Å². The van der Waals surface area contributed by atoms with Gasteiger partial charge in [0.2, 0.25) is 5.91 Å². The molecule has 7 heteroatoms. The van der Waals surface area contributed by atoms with Crippen molar-refractivity contribution in [2.75, 3.05) is 19.8 Å². The number of thioether (sulfide) groups is 1. The number of benzene rings is 1. The minimum Gasteiger partial charge on any atom is -0.449 e. The highest BCUT2D eigenvalue weighted by atomic mass is 32.2. The van der Waals surface area contributed by atoms with Crippen molar-refractivity contribution in [2.45, 2.75) is 56.1 Å². The van der Waals surface area contributed by atoms with E-state index in [9.17, 15) is 14.4 Å². The number of hydrogen-bond acceptors (Lipinski definition) is 5. The van der Waals surface area contributed by atoms with Crippen LogP contribution in [-0.2, 0) is 14.3 Å². The third-order valence-electron chi connectivity index (χ3n) is 4.56. The minimum absolute atomic E-state index is 0.0385. The summed E-state index contributed by atoms with van der Waals surface area (Å²) in [5.74, 6) is -0.622. The highest BCUT2D eigenvalue weighted by Crippen LogP contribution is 2.24. The van der Waals surface area contributed by atoms with Gasteiger partial charge in [-0.3, -0.25) is 9.59 Å². The number of esters is 1. The molecule has 2 rings (SSSR count). The van der Waals surface area contributed by atoms with E-state index < -0.39 is 12.1 Å². The molecule has 0 bridgehead atoms. The number of rotatable bonds is 7. The summed E-state index contributed by atoms with van der Waals surface area (Å²) in [6.07, 6.45) is 4.55. The maximum Gasteiger partial charge on any atom is 0.340 e. The second-order valence-electron chi connectivity index (χ2n) is 6.96. The molecule has 0 spiro atoms. The zero-order chi connectivity index (χ0) is 19.8. The van der Waals surface area contributed by atoms with Gasteiger partial charge in [0, 0.05) is 25.0 Å². The minimum atomic E-state index is -0.860. The molecule has 0 aliphatic heterocycles. The van der Waals surface area contributed by atoms with E-state index in [1.165, 1.54) is 23.1 Å². The second-order valence-corrected chi connectivity index (χ2v) is 7.98. The van der Waals surface area contributed by atoms with E-state index in [4.69, 9.17) is 4.74 Å². The molecule has 0 radical (unpaired) electrons. The van der Waals surface area contributed by atoms with Crippen molar-refractivity contribution in [1.82, 2.24) is 10.2 Å². The summed E-state index contributed by atoms with van der Waals surface area (Å²) in [6, 6.07) is 7.14. The molecule has 148 valence electrons. The summed E-state index contributed by atoms with van der Waals surface area (Å²) in [5.41, 5.74) is 0.367. The second kappa shape index (κ2) is 10.3. The van der Waals surface area contributed by atoms with Crippen LogP contribution in [0.2, 0.25) is 0 Å². The summed E-state index contributed by atoms with van der Waals surface area (Å²) in [7, 11) is 3.38. The van der Waals surface area contributed by atoms with Crippen molar-refractivity contribution >= 4 is 29.5 Å². The maximum atomic E-state index is 12.5. The third-order valence-corrected chi connectivity index (χ3v) is 5.62. The van der Waals surface area contributed by atoms with E-state index in [0.717, 1.165) is 25.7 Å². The van der Waals surface area contributed by atoms with Crippen molar-refractivity contribution in [3.63, 3.8) is 0 Å². The van der Waals surface area contributed by atoms with E-state index >= 15 is 0 Å². The summed E-state index contributed by atoms with van der Waals surface area (Å²) in [6.45, 7) is 1.58. The summed E-state index contributed by atoms with van der Waals surface area (Å²) < 4.78 is 5.38. The fourth-order valence-corrected chi connectivity index (χ4v) is 3.89. The van der Waals surface area contributed by atoms with Crippen molar-refractivity contribution in [1.29, 1.82) is 0 Å². The number of carbonyl (C=O) groups excluding carboxylic acids is 3. The smallest absolute Gasteiger partial charge is 0.340 e. The summed E-state index contributed by atoms with van der Waals surface area (Å²) in [5, 5.41) is 2.97. The number of nitrogens with zero attached hydrogens (tertiary/aromatic N) is 1. The Hall–Kier alpha value is -2.02. The van der Waals surface area contributed by atoms with Crippen LogP contribution in [0.5, 0.6) is 0 Å². The van der Waals surface area contributed by atoms with Gasteiger partial charge in [0.15, 0.2) is 6.10 Å². The molecule has 1 aliphatic carbocycles. The average molecular weight is 393 g/mol. The normalized spacial score (nSPS) is 15.7. The molecule has 1 aromatic rings. The van der Waals surface area contributed by atoms with Crippen molar-refractivity contribution < 1.29 is 19.1 Å². The topological polar surface area (TPSA) is 75.7 Å². The monoisotopic (exact) mass is 392 g/mol. The molecule has 0 heterocycles. The molecule has 1 aromatic carbocycles. The lowest BCUT2D eigenvalue weighted by molar-refractivity contribution is -0.130. The van der Waals surface area contributed by atoms with Crippen molar-refractivity contribution in [3.8, 4) is 0 Å². The molecular weight excluding hydrogens is 364 g/mol. The molecule has 1 atom stereocenters. The predicted octanol–water partition coefficient (Wildman–Crippen LogP) is 2.86. The first-order valence-corrected chi connectivity index (χ1v) is 10.3. The van der Waals surface area contributed by atoms with E-state index in [1.54, 1.807) is 45.3 Å². The lowest BCUT2D eigenvalue weighted by Gasteiger charge is -2.24. The van der Waals surface area contributed by atoms with Crippen LogP contribution in [0.4, 0.5) is 0 Å². The highest BCUT2D eigenvalue weighted by molar-refractivity contribution is 8.00. The molecule has 1 fully saturated rings. The Labute approximate surface area is 165 Å². The van der Waals surface area contributed by atoms with Gasteiger partial charge in [-0.2, -0.15) is 0 Å². The zero-order valence-electron chi connectivity index (χ0n) is 16.2. The molecule has 6 nitrogen and oxygen atoms in total. The van der Waals surface area contributed by atoms with E-state index in [2.05, 4.69) is 5.32 Å². The standard InChI is InChI=1S/C20H28N2O4S/c1-14(19(24)21-15-9-5-4-6-10-15)26-20(25)16-11-7-8-12-17(16)27-13-18(23)22(2)3/h7-8,11-12,14-15H,4-6,9-10,13H2,1-3H3,(H,21,24)/t14-/m0/s1. The van der Waals surface area contributed by atoms with Crippen LogP contribution in [0.25, 0.3) is 0 Å². The first-order valence-electron chi connectivity index (χ1n) is 9.32. The number of carbonyl (C=O) groups is 3. The highest BCUT2D eigenvalue weighted by Gasteiger charge is 2.24. The van der Waals surface area contributed by atoms with Gasteiger partial charge in [-0.15, -0.1) is 11.8 Å². The Morgan fingerprint density at radius 2 is 1.85 bits per heavy atom. The predicted molar refractivity (Wildman–Crippen MR) is 106 cm³/mol. The molecule has 2 amide bonds. The van der Waals surface area contributed by atoms with E-state index in [1.807, 2.05) is 0 Å². The quantitative estimate of drug-likeness (QED) is 0.570. The van der Waals surface area contributed by atoms with Crippen LogP contribution in [0, 0.1) is 0 Å². The average Bonchev–Trinajstić information content (AvgIpc) is 2.66. The lowest BCUT2D eigenvalue weighted by atomic mass is 9.95. The SMILES string of the molecule is C[C@H](OC(=O)c1ccccc1SCC(=O)N(C)C)C(=O)NC1CCCCC1. The van der Waals surface area contributed by atoms with Gasteiger partial charge in [0.05, 0.1) is 11.3 Å². The molecular formula is C20H28N2O4S. The fraction of sp³-hybridized carbons (Fsp3) is 0.550. The maximum absolute atomic E-state index is 12.5. The van der Waals surface area contributed by atoms with Crippen LogP contribution in [-0.4, -0.2) is 54.7 Å². The van der Waals surface area contributed by atoms with Crippen LogP contribution >= 0.6 is 11.8 Å². The molecule has 1 saturated carbocycles. The number of hydrogen-bond donors (Lipinski definition) is 1. The number of amides is 2. The molecule has 0 saturated heterocycles. The van der Waals surface area contributed by atoms with Crippen LogP contribution in [0.1, 0.15) is 49.4 Å². The number of ether oxygens (including phenoxy) is 1. The van der Waals surface area contributed by atoms with Crippen LogP contribution in [0.3, 0.4) is 0 Å². The van der Waals surface area contributed by atoms with Gasteiger partial charge in [-0.05, 0) is 31.9 Å². The number of nitrogens with one attached hydrogen (secondary N) is 1. The molecule has 1 aliphatic rings. The van der Waals surface area contributed by atoms with E-state index in [-0.39, 0.29) is 23.6 Å². The van der Waals surface area contributed by atoms with Gasteiger partial charge in [-0.1, -0.05) is 31.4 Å². The van der Waals surface area contributed by atoms with Crippen LogP contribution < -0.4 is 5.32 Å². The van der Waals surface area contributed by atoms with Crippen LogP contribution in [0.15, 0.2) is 29.2 Å². The Kier molecular flexibility index (Phi) is 8.16. The van der Waals surface area contributed by atoms with Crippen molar-refractivity contribution in [3.05, 3.63) is 29.8 Å². The lowest BCUT2D eigenvalue weighted by Crippen LogP contribution is -2.42. The molecule has 0 unspecified atom stereocenters. The molecule has 27 heavy (non-hydrogen) atoms. The van der Waals surface area contributed by atoms with Gasteiger partial charge in [0.25, 0.3) is 5.91 Å². The largest absolute Gasteiger partial charge is 0.449 e. The Bertz CT molecular complexity index is 672. The molecule has 1 N–H and O–H groups in total. The first-order chi connectivity index (χ1) is 12.9. The van der Waals surface area contributed by atoms with Crippen molar-refractivity contribution in [2.24, 2.45) is 0 Å². The first kappa shape index (κ1) is 21.3. The zero-order valence-corrected chi connectivity index (χ0v) is 17.0. The third kappa shape index (κ3) is 6.57. The van der Waals surface area contributed by atoms with Gasteiger partial charge in [0.1, 0.15) is 0 Å². The van der Waals surface area contributed by atoms with Gasteiger partial charge >= 0.3 is 5.97 Å². The fourth-order valence-electron chi connectivity index (χ4n) is 2.87. The van der Waals surface area contributed by atoms with Gasteiger partial charge < -0.3 is 15.0 Å². The van der Waals surface area contributed by atoms with E-state index in [0.29, 0.717) is 10.5 Å². The Morgan fingerprint density at radius 3 is 2.52 bits per heavy atom. The Balaban J connectivity index is 1.94. The summed E-state index contributed by atoms with van der Waals surface area (Å²) >= 11 is 1.28. The summed E-state index contributed by atoms with van der Waals surface area (Å²) in [4.78, 5) is 38.8.